The minimum atomic E-state index is -0.174. The lowest BCUT2D eigenvalue weighted by molar-refractivity contribution is 0.0796. The molecular weight excluding hydrogens is 296 g/mol. The first-order chi connectivity index (χ1) is 11.8. The van der Waals surface area contributed by atoms with Gasteiger partial charge in [-0.05, 0) is 24.0 Å². The number of carbonyl (C=O) groups is 2. The minimum Gasteiger partial charge on any atom is -0.294 e. The molecule has 0 radical (unpaired) electrons. The molecule has 0 saturated heterocycles. The molecule has 0 aliphatic heterocycles. The molecule has 2 heteroatoms. The van der Waals surface area contributed by atoms with Crippen LogP contribution in [0.4, 0.5) is 0 Å². The van der Waals surface area contributed by atoms with Crippen molar-refractivity contribution in [1.29, 1.82) is 0 Å². The SMILES string of the molecule is CC.CC.O=C1c2ccccc2CC1C1Cc2ccccc2C1=O. The Morgan fingerprint density at radius 2 is 0.958 bits per heavy atom. The van der Waals surface area contributed by atoms with Crippen molar-refractivity contribution in [2.75, 3.05) is 0 Å². The second kappa shape index (κ2) is 8.05. The van der Waals surface area contributed by atoms with Gasteiger partial charge in [-0.15, -0.1) is 0 Å². The largest absolute Gasteiger partial charge is 0.294 e. The Bertz CT molecular complexity index is 667. The lowest BCUT2D eigenvalue weighted by atomic mass is 9.86. The molecule has 2 aromatic rings. The van der Waals surface area contributed by atoms with Gasteiger partial charge in [-0.1, -0.05) is 76.2 Å². The van der Waals surface area contributed by atoms with Crippen LogP contribution < -0.4 is 0 Å². The Morgan fingerprint density at radius 3 is 1.29 bits per heavy atom. The summed E-state index contributed by atoms with van der Waals surface area (Å²) < 4.78 is 0. The molecule has 4 rings (SSSR count). The first kappa shape index (κ1) is 18.1. The molecular formula is C22H26O2. The number of hydrogen-bond acceptors (Lipinski definition) is 2. The van der Waals surface area contributed by atoms with Crippen molar-refractivity contribution in [2.45, 2.75) is 40.5 Å². The Hall–Kier alpha value is -2.22. The van der Waals surface area contributed by atoms with Gasteiger partial charge in [-0.3, -0.25) is 9.59 Å². The molecule has 0 amide bonds. The van der Waals surface area contributed by atoms with E-state index in [0.717, 1.165) is 22.3 Å². The lowest BCUT2D eigenvalue weighted by Crippen LogP contribution is -2.25. The maximum absolute atomic E-state index is 12.5. The van der Waals surface area contributed by atoms with Gasteiger partial charge < -0.3 is 0 Å². The number of Topliss-reactive ketones (excluding diaryl/α,β-unsaturated/α-hetero) is 2. The fourth-order valence-corrected chi connectivity index (χ4v) is 3.59. The van der Waals surface area contributed by atoms with Crippen molar-refractivity contribution < 1.29 is 9.59 Å². The normalized spacial score (nSPS) is 20.3. The van der Waals surface area contributed by atoms with Gasteiger partial charge in [0.25, 0.3) is 0 Å². The Balaban J connectivity index is 0.000000487. The number of hydrogen-bond donors (Lipinski definition) is 0. The number of carbonyl (C=O) groups excluding carboxylic acids is 2. The summed E-state index contributed by atoms with van der Waals surface area (Å²) in [5.74, 6) is -0.0573. The van der Waals surface area contributed by atoms with E-state index in [2.05, 4.69) is 0 Å². The maximum Gasteiger partial charge on any atom is 0.167 e. The van der Waals surface area contributed by atoms with Crippen LogP contribution in [0.25, 0.3) is 0 Å². The third kappa shape index (κ3) is 3.06. The second-order valence-electron chi connectivity index (χ2n) is 5.66. The van der Waals surface area contributed by atoms with Gasteiger partial charge in [0, 0.05) is 23.0 Å². The van der Waals surface area contributed by atoms with Gasteiger partial charge in [-0.25, -0.2) is 0 Å². The van der Waals surface area contributed by atoms with Crippen LogP contribution in [0.3, 0.4) is 0 Å². The van der Waals surface area contributed by atoms with Gasteiger partial charge in [0.05, 0.1) is 0 Å². The first-order valence-electron chi connectivity index (χ1n) is 9.00. The van der Waals surface area contributed by atoms with E-state index >= 15 is 0 Å². The maximum atomic E-state index is 12.5. The van der Waals surface area contributed by atoms with Crippen molar-refractivity contribution in [2.24, 2.45) is 11.8 Å². The smallest absolute Gasteiger partial charge is 0.167 e. The third-order valence-corrected chi connectivity index (χ3v) is 4.60. The zero-order valence-electron chi connectivity index (χ0n) is 15.0. The van der Waals surface area contributed by atoms with Crippen LogP contribution in [0.1, 0.15) is 59.5 Å². The Kier molecular flexibility index (Phi) is 6.08. The Labute approximate surface area is 144 Å². The molecule has 2 nitrogen and oxygen atoms in total. The van der Waals surface area contributed by atoms with E-state index in [1.54, 1.807) is 0 Å². The predicted molar refractivity (Wildman–Crippen MR) is 98.6 cm³/mol. The van der Waals surface area contributed by atoms with Gasteiger partial charge >= 0.3 is 0 Å². The molecule has 0 aromatic heterocycles. The summed E-state index contributed by atoms with van der Waals surface area (Å²) in [5.41, 5.74) is 3.79. The standard InChI is InChI=1S/C18H14O2.2C2H6/c19-17-13-7-3-1-5-11(13)9-15(17)16-10-12-6-2-4-8-14(12)18(16)20;2*1-2/h1-8,15-16H,9-10H2;2*1-2H3. The quantitative estimate of drug-likeness (QED) is 0.727. The molecule has 0 saturated carbocycles. The third-order valence-electron chi connectivity index (χ3n) is 4.60. The topological polar surface area (TPSA) is 34.1 Å². The Morgan fingerprint density at radius 1 is 0.625 bits per heavy atom. The van der Waals surface area contributed by atoms with E-state index in [9.17, 15) is 9.59 Å². The summed E-state index contributed by atoms with van der Waals surface area (Å²) >= 11 is 0. The van der Waals surface area contributed by atoms with Crippen molar-refractivity contribution in [3.05, 3.63) is 70.8 Å². The number of rotatable bonds is 1. The van der Waals surface area contributed by atoms with Crippen molar-refractivity contribution in [3.63, 3.8) is 0 Å². The van der Waals surface area contributed by atoms with Crippen LogP contribution in [0.15, 0.2) is 48.5 Å². The second-order valence-corrected chi connectivity index (χ2v) is 5.66. The molecule has 2 atom stereocenters. The molecule has 0 fully saturated rings. The van der Waals surface area contributed by atoms with Crippen molar-refractivity contribution in [3.8, 4) is 0 Å². The highest BCUT2D eigenvalue weighted by Gasteiger charge is 2.43. The van der Waals surface area contributed by atoms with Crippen LogP contribution in [0.2, 0.25) is 0 Å². The summed E-state index contributed by atoms with van der Waals surface area (Å²) in [5, 5.41) is 0. The molecule has 0 bridgehead atoms. The van der Waals surface area contributed by atoms with Crippen molar-refractivity contribution in [1.82, 2.24) is 0 Å². The van der Waals surface area contributed by atoms with Crippen LogP contribution >= 0.6 is 0 Å². The highest BCUT2D eigenvalue weighted by molar-refractivity contribution is 6.09. The number of fused-ring (bicyclic) bond motifs is 2. The zero-order valence-corrected chi connectivity index (χ0v) is 15.0. The van der Waals surface area contributed by atoms with Gasteiger partial charge in [-0.2, -0.15) is 0 Å². The summed E-state index contributed by atoms with van der Waals surface area (Å²) in [4.78, 5) is 25.1. The van der Waals surface area contributed by atoms with Gasteiger partial charge in [0.15, 0.2) is 11.6 Å². The van der Waals surface area contributed by atoms with E-state index in [4.69, 9.17) is 0 Å². The summed E-state index contributed by atoms with van der Waals surface area (Å²) in [6.07, 6.45) is 1.42. The first-order valence-corrected chi connectivity index (χ1v) is 9.00. The van der Waals surface area contributed by atoms with E-state index < -0.39 is 0 Å². The average molecular weight is 322 g/mol. The lowest BCUT2D eigenvalue weighted by Gasteiger charge is -2.14. The van der Waals surface area contributed by atoms with Crippen LogP contribution in [-0.4, -0.2) is 11.6 Å². The van der Waals surface area contributed by atoms with E-state index in [0.29, 0.717) is 12.8 Å². The fraction of sp³-hybridized carbons (Fsp3) is 0.364. The van der Waals surface area contributed by atoms with Crippen LogP contribution in [0, 0.1) is 11.8 Å². The molecule has 2 unspecified atom stereocenters. The summed E-state index contributed by atoms with van der Waals surface area (Å²) in [6, 6.07) is 15.5. The van der Waals surface area contributed by atoms with Gasteiger partial charge in [0.1, 0.15) is 0 Å². The monoisotopic (exact) mass is 322 g/mol. The fourth-order valence-electron chi connectivity index (χ4n) is 3.59. The molecule has 0 spiro atoms. The van der Waals surface area contributed by atoms with E-state index in [1.165, 1.54) is 0 Å². The summed E-state index contributed by atoms with van der Waals surface area (Å²) in [7, 11) is 0. The predicted octanol–water partition coefficient (Wildman–Crippen LogP) is 5.15. The zero-order chi connectivity index (χ0) is 17.7. The summed E-state index contributed by atoms with van der Waals surface area (Å²) in [6.45, 7) is 8.00. The van der Waals surface area contributed by atoms with Gasteiger partial charge in [0.2, 0.25) is 0 Å². The minimum absolute atomic E-state index is 0.145. The average Bonchev–Trinajstić information content (AvgIpc) is 3.17. The molecule has 2 aliphatic rings. The van der Waals surface area contributed by atoms with E-state index in [1.807, 2.05) is 76.2 Å². The molecule has 2 aromatic carbocycles. The number of ketones is 2. The highest BCUT2D eigenvalue weighted by atomic mass is 16.1. The van der Waals surface area contributed by atoms with Crippen molar-refractivity contribution >= 4 is 11.6 Å². The molecule has 24 heavy (non-hydrogen) atoms. The molecule has 0 N–H and O–H groups in total. The highest BCUT2D eigenvalue weighted by Crippen LogP contribution is 2.38. The van der Waals surface area contributed by atoms with Crippen LogP contribution in [0.5, 0.6) is 0 Å². The number of benzene rings is 2. The van der Waals surface area contributed by atoms with Crippen LogP contribution in [-0.2, 0) is 12.8 Å². The molecule has 2 aliphatic carbocycles. The molecule has 126 valence electrons. The molecule has 0 heterocycles. The van der Waals surface area contributed by atoms with E-state index in [-0.39, 0.29) is 23.4 Å².